The number of aliphatic hydroxyl groups is 1. The van der Waals surface area contributed by atoms with E-state index in [1.807, 2.05) is 36.4 Å². The zero-order valence-corrected chi connectivity index (χ0v) is 30.4. The van der Waals surface area contributed by atoms with Crippen molar-refractivity contribution < 1.29 is 38.6 Å². The van der Waals surface area contributed by atoms with Gasteiger partial charge in [0.2, 0.25) is 17.7 Å². The molecule has 3 aromatic carbocycles. The van der Waals surface area contributed by atoms with Gasteiger partial charge in [0.05, 0.1) is 31.4 Å². The van der Waals surface area contributed by atoms with E-state index in [4.69, 9.17) is 21.1 Å². The van der Waals surface area contributed by atoms with Gasteiger partial charge in [0.15, 0.2) is 6.61 Å². The summed E-state index contributed by atoms with van der Waals surface area (Å²) in [6.45, 7) is 1.17. The number of hydrogen-bond acceptors (Lipinski definition) is 8. The maximum Gasteiger partial charge on any atom is 0.258 e. The molecule has 2 heterocycles. The molecule has 3 aliphatic rings. The van der Waals surface area contributed by atoms with E-state index in [0.29, 0.717) is 16.5 Å². The van der Waals surface area contributed by atoms with Gasteiger partial charge < -0.3 is 40.3 Å². The highest BCUT2D eigenvalue weighted by molar-refractivity contribution is 6.31. The Morgan fingerprint density at radius 2 is 1.74 bits per heavy atom. The summed E-state index contributed by atoms with van der Waals surface area (Å²) in [5, 5.41) is 19.5. The van der Waals surface area contributed by atoms with Crippen molar-refractivity contribution in [1.29, 1.82) is 0 Å². The topological polar surface area (TPSA) is 167 Å². The fraction of sp³-hybridized carbons (Fsp3) is 0.410. The minimum atomic E-state index is -1.33. The summed E-state index contributed by atoms with van der Waals surface area (Å²) in [5.74, 6) is -2.14. The van der Waals surface area contributed by atoms with Crippen molar-refractivity contribution in [3.8, 4) is 11.5 Å². The molecule has 0 unspecified atom stereocenters. The number of carbonyl (C=O) groups is 5. The van der Waals surface area contributed by atoms with Crippen molar-refractivity contribution in [2.24, 2.45) is 5.92 Å². The summed E-state index contributed by atoms with van der Waals surface area (Å²) < 4.78 is 11.3. The summed E-state index contributed by atoms with van der Waals surface area (Å²) in [4.78, 5) is 71.8. The molecule has 4 N–H and O–H groups in total. The number of fused-ring (bicyclic) bond motifs is 4. The number of nitrogens with one attached hydrogen (secondary N) is 3. The second-order valence-corrected chi connectivity index (χ2v) is 14.3. The van der Waals surface area contributed by atoms with E-state index in [0.717, 1.165) is 24.0 Å². The highest BCUT2D eigenvalue weighted by Gasteiger charge is 2.40. The molecule has 6 rings (SSSR count). The van der Waals surface area contributed by atoms with E-state index >= 15 is 0 Å². The van der Waals surface area contributed by atoms with Gasteiger partial charge in [0, 0.05) is 37.0 Å². The van der Waals surface area contributed by atoms with Gasteiger partial charge in [-0.05, 0) is 67.1 Å². The molecule has 1 aliphatic carbocycles. The van der Waals surface area contributed by atoms with Crippen LogP contribution in [0, 0.1) is 5.92 Å². The van der Waals surface area contributed by atoms with Gasteiger partial charge in [-0.1, -0.05) is 54.1 Å². The normalized spacial score (nSPS) is 23.4. The van der Waals surface area contributed by atoms with Crippen LogP contribution in [0.3, 0.4) is 0 Å². The SMILES string of the molecule is COc1ccc(Cl)cc1C(=O)N1C[C@@H]2NC(=O)[C@H](Cc3ccccc3)NC(=O)CN(CC3CC3)C(=O)[C@H]([C@@H](C)O)NC(=O)COc3cccc(c3)[C@H]2C1. The molecule has 53 heavy (non-hydrogen) atoms. The number of halogens is 1. The Morgan fingerprint density at radius 3 is 2.45 bits per heavy atom. The summed E-state index contributed by atoms with van der Waals surface area (Å²) in [6, 6.07) is 18.1. The van der Waals surface area contributed by atoms with Crippen molar-refractivity contribution in [2.75, 3.05) is 39.9 Å². The van der Waals surface area contributed by atoms with Gasteiger partial charge in [0.1, 0.15) is 23.6 Å². The Balaban J connectivity index is 1.35. The second-order valence-electron chi connectivity index (χ2n) is 13.9. The number of hydrogen-bond donors (Lipinski definition) is 4. The third-order valence-corrected chi connectivity index (χ3v) is 10.0. The van der Waals surface area contributed by atoms with Gasteiger partial charge in [-0.3, -0.25) is 24.0 Å². The zero-order chi connectivity index (χ0) is 37.6. The van der Waals surface area contributed by atoms with Crippen LogP contribution in [0.1, 0.15) is 47.2 Å². The van der Waals surface area contributed by atoms with Crippen LogP contribution >= 0.6 is 11.6 Å². The van der Waals surface area contributed by atoms with E-state index in [1.165, 1.54) is 18.9 Å². The molecule has 1 saturated heterocycles. The molecule has 2 fully saturated rings. The van der Waals surface area contributed by atoms with Crippen molar-refractivity contribution in [3.63, 3.8) is 0 Å². The molecular formula is C39H44ClN5O8. The van der Waals surface area contributed by atoms with Crippen molar-refractivity contribution in [3.05, 3.63) is 94.5 Å². The van der Waals surface area contributed by atoms with Crippen LogP contribution in [0.4, 0.5) is 0 Å². The molecule has 2 aliphatic heterocycles. The molecule has 0 spiro atoms. The lowest BCUT2D eigenvalue weighted by Crippen LogP contribution is -2.58. The number of benzene rings is 3. The molecule has 5 atom stereocenters. The lowest BCUT2D eigenvalue weighted by molar-refractivity contribution is -0.143. The molecule has 2 bridgehead atoms. The minimum absolute atomic E-state index is 0.134. The van der Waals surface area contributed by atoms with E-state index < -0.39 is 60.4 Å². The summed E-state index contributed by atoms with van der Waals surface area (Å²) >= 11 is 6.27. The Labute approximate surface area is 312 Å². The Bertz CT molecular complexity index is 1840. The molecule has 5 amide bonds. The lowest BCUT2D eigenvalue weighted by Gasteiger charge is -2.30. The highest BCUT2D eigenvalue weighted by Crippen LogP contribution is 2.33. The molecule has 14 heteroatoms. The summed E-state index contributed by atoms with van der Waals surface area (Å²) in [5.41, 5.74) is 1.81. The van der Waals surface area contributed by atoms with Gasteiger partial charge in [-0.15, -0.1) is 0 Å². The molecular weight excluding hydrogens is 702 g/mol. The third-order valence-electron chi connectivity index (χ3n) is 9.80. The predicted molar refractivity (Wildman–Crippen MR) is 196 cm³/mol. The standard InChI is InChI=1S/C39H44ClN5O8/c1-23(46)36-39(51)44(18-25-11-12-25)21-34(47)41-31(15-24-7-4-3-5-8-24)37(49)42-32-20-45(38(50)29-17-27(40)13-14-33(29)52-2)19-30(32)26-9-6-10-28(16-26)53-22-35(48)43-36/h3-10,13-14,16-17,23,25,30-32,36,46H,11-12,15,18-22H2,1-2H3,(H,41,47)(H,42,49)(H,43,48)/t23-,30-,31+,32+,36+/m1/s1. The molecule has 1 saturated carbocycles. The first-order valence-corrected chi connectivity index (χ1v) is 18.1. The molecule has 0 radical (unpaired) electrons. The molecule has 13 nitrogen and oxygen atoms in total. The monoisotopic (exact) mass is 745 g/mol. The number of carbonyl (C=O) groups excluding carboxylic acids is 5. The number of methoxy groups -OCH3 is 1. The number of ether oxygens (including phenoxy) is 2. The maximum atomic E-state index is 14.3. The molecule has 3 aromatic rings. The molecule has 280 valence electrons. The lowest BCUT2D eigenvalue weighted by atomic mass is 9.93. The van der Waals surface area contributed by atoms with E-state index in [-0.39, 0.29) is 50.0 Å². The maximum absolute atomic E-state index is 14.3. The van der Waals surface area contributed by atoms with Crippen LogP contribution in [-0.4, -0.2) is 109 Å². The van der Waals surface area contributed by atoms with Crippen LogP contribution in [0.5, 0.6) is 11.5 Å². The number of nitrogens with zero attached hydrogens (tertiary/aromatic N) is 2. The Morgan fingerprint density at radius 1 is 0.962 bits per heavy atom. The van der Waals surface area contributed by atoms with Crippen LogP contribution in [0.2, 0.25) is 5.02 Å². The smallest absolute Gasteiger partial charge is 0.258 e. The summed E-state index contributed by atoms with van der Waals surface area (Å²) in [6.07, 6.45) is 0.660. The zero-order valence-electron chi connectivity index (χ0n) is 29.6. The fourth-order valence-corrected chi connectivity index (χ4v) is 7.03. The quantitative estimate of drug-likeness (QED) is 0.286. The number of rotatable bonds is 7. The third kappa shape index (κ3) is 9.46. The predicted octanol–water partition coefficient (Wildman–Crippen LogP) is 2.30. The van der Waals surface area contributed by atoms with Gasteiger partial charge in [0.25, 0.3) is 11.8 Å². The van der Waals surface area contributed by atoms with Crippen LogP contribution < -0.4 is 25.4 Å². The fourth-order valence-electron chi connectivity index (χ4n) is 6.86. The average molecular weight is 746 g/mol. The number of amides is 5. The number of aliphatic hydroxyl groups excluding tert-OH is 1. The van der Waals surface area contributed by atoms with Crippen LogP contribution in [-0.2, 0) is 25.6 Å². The first-order valence-electron chi connectivity index (χ1n) is 17.7. The summed E-state index contributed by atoms with van der Waals surface area (Å²) in [7, 11) is 1.47. The highest BCUT2D eigenvalue weighted by atomic mass is 35.5. The Kier molecular flexibility index (Phi) is 11.8. The van der Waals surface area contributed by atoms with E-state index in [2.05, 4.69) is 16.0 Å². The van der Waals surface area contributed by atoms with E-state index in [1.54, 1.807) is 41.3 Å². The first-order chi connectivity index (χ1) is 25.5. The average Bonchev–Trinajstić information content (AvgIpc) is 3.87. The van der Waals surface area contributed by atoms with Crippen LogP contribution in [0.15, 0.2) is 72.8 Å². The second kappa shape index (κ2) is 16.7. The molecule has 0 aromatic heterocycles. The first kappa shape index (κ1) is 37.6. The van der Waals surface area contributed by atoms with E-state index in [9.17, 15) is 29.1 Å². The van der Waals surface area contributed by atoms with Crippen molar-refractivity contribution in [1.82, 2.24) is 25.8 Å². The van der Waals surface area contributed by atoms with Crippen molar-refractivity contribution >= 4 is 41.1 Å². The van der Waals surface area contributed by atoms with Gasteiger partial charge in [-0.2, -0.15) is 0 Å². The Hall–Kier alpha value is -5.14. The minimum Gasteiger partial charge on any atom is -0.496 e. The largest absolute Gasteiger partial charge is 0.496 e. The number of likely N-dealkylation sites (tertiary alicyclic amines) is 1. The van der Waals surface area contributed by atoms with Gasteiger partial charge >= 0.3 is 0 Å². The van der Waals surface area contributed by atoms with Crippen molar-refractivity contribution in [2.45, 2.75) is 56.3 Å². The van der Waals surface area contributed by atoms with Gasteiger partial charge in [-0.25, -0.2) is 0 Å². The van der Waals surface area contributed by atoms with Crippen LogP contribution in [0.25, 0.3) is 0 Å².